The van der Waals surface area contributed by atoms with Crippen LogP contribution < -0.4 is 0 Å². The summed E-state index contributed by atoms with van der Waals surface area (Å²) in [6.45, 7) is 9.91. The Balaban J connectivity index is 3.06. The highest BCUT2D eigenvalue weighted by atomic mass is 33.1. The zero-order valence-corrected chi connectivity index (χ0v) is 37.3. The second kappa shape index (κ2) is 53.7. The molecule has 0 saturated carbocycles. The highest BCUT2D eigenvalue weighted by Gasteiger charge is 1.99. The van der Waals surface area contributed by atoms with Gasteiger partial charge in [0, 0.05) is 24.7 Å². The van der Waals surface area contributed by atoms with E-state index < -0.39 is 5.97 Å². The van der Waals surface area contributed by atoms with Gasteiger partial charge in [-0.25, -0.2) is 4.79 Å². The third-order valence-corrected chi connectivity index (χ3v) is 11.1. The first-order valence-corrected chi connectivity index (χ1v) is 24.6. The molecule has 342 valence electrons. The van der Waals surface area contributed by atoms with E-state index in [1.165, 1.54) is 114 Å². The second-order valence-corrected chi connectivity index (χ2v) is 16.4. The van der Waals surface area contributed by atoms with Crippen molar-refractivity contribution in [3.8, 4) is 0 Å². The van der Waals surface area contributed by atoms with Gasteiger partial charge in [-0.3, -0.25) is 0 Å². The molecule has 0 aliphatic carbocycles. The first kappa shape index (κ1) is 56.7. The monoisotopic (exact) mass is 861 g/mol. The first-order valence-electron chi connectivity index (χ1n) is 22.1. The number of carbonyl (C=O) groups is 1. The average molecular weight is 861 g/mol. The van der Waals surface area contributed by atoms with E-state index in [-0.39, 0.29) is 19.8 Å². The SMILES string of the molecule is O=C(O)COCCOCCOCCOCCOCCOCCOCCCCCCCCCCCSSCCCCCCCCCCCOCCOCCOCCO. The first-order chi connectivity index (χ1) is 28.3. The standard InChI is InChI=1S/C42H84O13S2/c43-19-22-48-25-28-49-26-23-46-20-15-11-7-3-1-5-9-13-17-39-56-57-40-18-14-10-6-2-4-8-12-16-21-47-24-27-50-29-30-51-31-32-52-33-34-53-35-36-54-37-38-55-41-42(44)45/h43H,1-41H2,(H,44,45). The summed E-state index contributed by atoms with van der Waals surface area (Å²) in [6, 6.07) is 0. The molecule has 0 unspecified atom stereocenters. The van der Waals surface area contributed by atoms with Crippen molar-refractivity contribution in [2.24, 2.45) is 0 Å². The second-order valence-electron chi connectivity index (χ2n) is 13.7. The summed E-state index contributed by atoms with van der Waals surface area (Å²) in [5.41, 5.74) is 0. The van der Waals surface area contributed by atoms with Gasteiger partial charge in [-0.2, -0.15) is 0 Å². The van der Waals surface area contributed by atoms with Crippen molar-refractivity contribution >= 4 is 27.6 Å². The quantitative estimate of drug-likeness (QED) is 0.0456. The number of ether oxygens (including phenoxy) is 10. The van der Waals surface area contributed by atoms with Gasteiger partial charge in [-0.1, -0.05) is 111 Å². The van der Waals surface area contributed by atoms with Gasteiger partial charge >= 0.3 is 5.97 Å². The van der Waals surface area contributed by atoms with Gasteiger partial charge in [-0.15, -0.1) is 0 Å². The topological polar surface area (TPSA) is 150 Å². The largest absolute Gasteiger partial charge is 0.480 e. The van der Waals surface area contributed by atoms with Gasteiger partial charge in [0.25, 0.3) is 0 Å². The van der Waals surface area contributed by atoms with Crippen LogP contribution in [-0.2, 0) is 52.2 Å². The molecule has 0 aliphatic heterocycles. The van der Waals surface area contributed by atoms with E-state index >= 15 is 0 Å². The number of rotatable bonds is 53. The zero-order valence-electron chi connectivity index (χ0n) is 35.7. The summed E-state index contributed by atoms with van der Waals surface area (Å²) in [4.78, 5) is 10.3. The lowest BCUT2D eigenvalue weighted by molar-refractivity contribution is -0.142. The molecular formula is C42H84O13S2. The summed E-state index contributed by atoms with van der Waals surface area (Å²) in [5, 5.41) is 17.1. The molecule has 0 aliphatic rings. The van der Waals surface area contributed by atoms with E-state index in [1.54, 1.807) is 0 Å². The average Bonchev–Trinajstić information content (AvgIpc) is 3.21. The summed E-state index contributed by atoms with van der Waals surface area (Å²) in [7, 11) is 4.16. The van der Waals surface area contributed by atoms with E-state index in [0.717, 1.165) is 26.1 Å². The van der Waals surface area contributed by atoms with E-state index in [2.05, 4.69) is 21.6 Å². The minimum absolute atomic E-state index is 0.0597. The summed E-state index contributed by atoms with van der Waals surface area (Å²) in [5.74, 6) is 1.62. The highest BCUT2D eigenvalue weighted by Crippen LogP contribution is 2.25. The lowest BCUT2D eigenvalue weighted by Gasteiger charge is -2.08. The molecule has 57 heavy (non-hydrogen) atoms. The molecule has 0 atom stereocenters. The minimum atomic E-state index is -0.986. The van der Waals surface area contributed by atoms with Crippen LogP contribution in [0.3, 0.4) is 0 Å². The Labute approximate surface area is 354 Å². The van der Waals surface area contributed by atoms with Crippen LogP contribution in [0.4, 0.5) is 0 Å². The molecule has 0 aromatic carbocycles. The van der Waals surface area contributed by atoms with Crippen LogP contribution in [0.2, 0.25) is 0 Å². The van der Waals surface area contributed by atoms with Gasteiger partial charge in [0.1, 0.15) is 6.61 Å². The van der Waals surface area contributed by atoms with E-state index in [4.69, 9.17) is 57.6 Å². The molecule has 0 aromatic rings. The molecule has 13 nitrogen and oxygen atoms in total. The predicted molar refractivity (Wildman–Crippen MR) is 231 cm³/mol. The Kier molecular flexibility index (Phi) is 53.5. The molecule has 0 bridgehead atoms. The van der Waals surface area contributed by atoms with Crippen molar-refractivity contribution in [2.45, 2.75) is 116 Å². The van der Waals surface area contributed by atoms with E-state index in [9.17, 15) is 4.79 Å². The number of aliphatic carboxylic acids is 1. The van der Waals surface area contributed by atoms with Crippen LogP contribution in [0.1, 0.15) is 116 Å². The lowest BCUT2D eigenvalue weighted by Crippen LogP contribution is -2.15. The molecule has 0 aromatic heterocycles. The molecular weight excluding hydrogens is 777 g/mol. The molecule has 0 heterocycles. The zero-order chi connectivity index (χ0) is 41.1. The molecule has 2 N–H and O–H groups in total. The maximum atomic E-state index is 10.3. The Morgan fingerprint density at radius 1 is 0.298 bits per heavy atom. The molecule has 15 heteroatoms. The van der Waals surface area contributed by atoms with Gasteiger partial charge in [0.05, 0.1) is 119 Å². The number of carboxylic acids is 1. The van der Waals surface area contributed by atoms with Crippen molar-refractivity contribution in [2.75, 3.05) is 150 Å². The fourth-order valence-electron chi connectivity index (χ4n) is 5.41. The van der Waals surface area contributed by atoms with Crippen LogP contribution in [0, 0.1) is 0 Å². The number of hydrogen-bond acceptors (Lipinski definition) is 14. The van der Waals surface area contributed by atoms with Crippen molar-refractivity contribution < 1.29 is 62.4 Å². The molecule has 0 amide bonds. The summed E-state index contributed by atoms with van der Waals surface area (Å²) < 4.78 is 53.9. The number of aliphatic hydroxyl groups excluding tert-OH is 1. The Morgan fingerprint density at radius 2 is 0.526 bits per heavy atom. The van der Waals surface area contributed by atoms with Crippen LogP contribution in [-0.4, -0.2) is 166 Å². The molecule has 0 spiro atoms. The van der Waals surface area contributed by atoms with Gasteiger partial charge < -0.3 is 57.6 Å². The van der Waals surface area contributed by atoms with Gasteiger partial charge in [-0.05, 0) is 25.7 Å². The third-order valence-electron chi connectivity index (χ3n) is 8.55. The van der Waals surface area contributed by atoms with Crippen molar-refractivity contribution in [3.63, 3.8) is 0 Å². The Hall–Kier alpha value is -0.270. The highest BCUT2D eigenvalue weighted by molar-refractivity contribution is 8.76. The maximum absolute atomic E-state index is 10.3. The van der Waals surface area contributed by atoms with Crippen molar-refractivity contribution in [1.29, 1.82) is 0 Å². The maximum Gasteiger partial charge on any atom is 0.329 e. The van der Waals surface area contributed by atoms with Crippen LogP contribution in [0.5, 0.6) is 0 Å². The number of carboxylic acid groups (broad SMARTS) is 1. The van der Waals surface area contributed by atoms with Crippen LogP contribution in [0.25, 0.3) is 0 Å². The Morgan fingerprint density at radius 3 is 0.807 bits per heavy atom. The van der Waals surface area contributed by atoms with E-state index in [1.807, 2.05) is 0 Å². The number of hydrogen-bond donors (Lipinski definition) is 2. The fourth-order valence-corrected chi connectivity index (χ4v) is 7.70. The smallest absolute Gasteiger partial charge is 0.329 e. The number of aliphatic hydroxyl groups is 1. The summed E-state index contributed by atoms with van der Waals surface area (Å²) in [6.07, 6.45) is 23.9. The van der Waals surface area contributed by atoms with Crippen molar-refractivity contribution in [1.82, 2.24) is 0 Å². The molecule has 0 fully saturated rings. The summed E-state index contributed by atoms with van der Waals surface area (Å²) >= 11 is 0. The van der Waals surface area contributed by atoms with Crippen LogP contribution in [0.15, 0.2) is 0 Å². The lowest BCUT2D eigenvalue weighted by atomic mass is 10.1. The normalized spacial score (nSPS) is 11.6. The van der Waals surface area contributed by atoms with Crippen LogP contribution >= 0.6 is 21.6 Å². The molecule has 0 saturated heterocycles. The van der Waals surface area contributed by atoms with Gasteiger partial charge in [0.2, 0.25) is 0 Å². The van der Waals surface area contributed by atoms with Crippen molar-refractivity contribution in [3.05, 3.63) is 0 Å². The van der Waals surface area contributed by atoms with Gasteiger partial charge in [0.15, 0.2) is 0 Å². The molecule has 0 rings (SSSR count). The number of unbranched alkanes of at least 4 members (excludes halogenated alkanes) is 16. The molecule has 0 radical (unpaired) electrons. The fraction of sp³-hybridized carbons (Fsp3) is 0.976. The predicted octanol–water partition coefficient (Wildman–Crippen LogP) is 7.63. The minimum Gasteiger partial charge on any atom is -0.480 e. The van der Waals surface area contributed by atoms with E-state index in [0.29, 0.717) is 106 Å². The Bertz CT molecular complexity index is 746. The third kappa shape index (κ3) is 55.7.